The van der Waals surface area contributed by atoms with Crippen molar-refractivity contribution >= 4 is 27.3 Å². The van der Waals surface area contributed by atoms with Gasteiger partial charge in [0, 0.05) is 18.8 Å². The smallest absolute Gasteiger partial charge is 0.265 e. The molecular formula is C11H12N4O3S. The minimum atomic E-state index is -3.67. The van der Waals surface area contributed by atoms with Crippen LogP contribution in [0.5, 0.6) is 0 Å². The zero-order valence-electron chi connectivity index (χ0n) is 10.0. The van der Waals surface area contributed by atoms with Crippen molar-refractivity contribution in [3.63, 3.8) is 0 Å². The summed E-state index contributed by atoms with van der Waals surface area (Å²) in [5.41, 5.74) is 0.868. The van der Waals surface area contributed by atoms with Crippen LogP contribution in [0.3, 0.4) is 0 Å². The molecule has 0 atom stereocenters. The number of anilines is 2. The zero-order valence-corrected chi connectivity index (χ0v) is 10.9. The molecule has 0 aliphatic rings. The van der Waals surface area contributed by atoms with E-state index in [2.05, 4.69) is 20.2 Å². The van der Waals surface area contributed by atoms with Crippen molar-refractivity contribution in [3.05, 3.63) is 36.7 Å². The molecule has 0 bridgehead atoms. The van der Waals surface area contributed by atoms with Crippen molar-refractivity contribution < 1.29 is 13.2 Å². The minimum absolute atomic E-state index is 0.0393. The van der Waals surface area contributed by atoms with Gasteiger partial charge in [0.05, 0.1) is 11.9 Å². The lowest BCUT2D eigenvalue weighted by Crippen LogP contribution is -2.12. The first-order valence-electron chi connectivity index (χ1n) is 5.36. The summed E-state index contributed by atoms with van der Waals surface area (Å²) in [4.78, 5) is 11.0. The van der Waals surface area contributed by atoms with Crippen LogP contribution in [0.1, 0.15) is 6.92 Å². The van der Waals surface area contributed by atoms with Gasteiger partial charge in [-0.1, -0.05) is 6.07 Å². The fraction of sp³-hybridized carbons (Fsp3) is 0.0909. The van der Waals surface area contributed by atoms with E-state index in [1.807, 2.05) is 0 Å². The second kappa shape index (κ2) is 5.11. The van der Waals surface area contributed by atoms with E-state index in [1.54, 1.807) is 18.2 Å². The number of nitrogens with zero attached hydrogens (tertiary/aromatic N) is 1. The van der Waals surface area contributed by atoms with E-state index in [0.717, 1.165) is 0 Å². The number of rotatable bonds is 4. The van der Waals surface area contributed by atoms with Crippen molar-refractivity contribution in [2.24, 2.45) is 0 Å². The third kappa shape index (κ3) is 3.32. The van der Waals surface area contributed by atoms with E-state index in [4.69, 9.17) is 0 Å². The van der Waals surface area contributed by atoms with Gasteiger partial charge < -0.3 is 5.32 Å². The normalized spacial score (nSPS) is 11.0. The summed E-state index contributed by atoms with van der Waals surface area (Å²) in [6.45, 7) is 1.38. The molecule has 0 saturated heterocycles. The lowest BCUT2D eigenvalue weighted by Gasteiger charge is -2.08. The largest absolute Gasteiger partial charge is 0.326 e. The Kier molecular flexibility index (Phi) is 3.52. The van der Waals surface area contributed by atoms with Crippen molar-refractivity contribution in [2.45, 2.75) is 11.8 Å². The molecule has 0 fully saturated rings. The van der Waals surface area contributed by atoms with Crippen LogP contribution in [0, 0.1) is 0 Å². The molecule has 7 nitrogen and oxygen atoms in total. The molecule has 1 aromatic carbocycles. The number of aromatic nitrogens is 2. The average molecular weight is 280 g/mol. The van der Waals surface area contributed by atoms with Crippen LogP contribution in [0.15, 0.2) is 41.6 Å². The highest BCUT2D eigenvalue weighted by Crippen LogP contribution is 2.18. The lowest BCUT2D eigenvalue weighted by atomic mass is 10.3. The van der Waals surface area contributed by atoms with Gasteiger partial charge in [0.1, 0.15) is 4.90 Å². The van der Waals surface area contributed by atoms with Gasteiger partial charge in [-0.3, -0.25) is 14.6 Å². The standard InChI is InChI=1S/C11H12N4O3S/c1-8(16)14-9-3-2-4-10(5-9)15-19(17,18)11-6-12-13-7-11/h2-7,15H,1H3,(H,12,13)(H,14,16). The molecule has 2 aromatic rings. The Hall–Kier alpha value is -2.35. The molecule has 1 heterocycles. The van der Waals surface area contributed by atoms with Crippen LogP contribution in [-0.2, 0) is 14.8 Å². The Morgan fingerprint density at radius 2 is 2.05 bits per heavy atom. The average Bonchev–Trinajstić information content (AvgIpc) is 2.81. The summed E-state index contributed by atoms with van der Waals surface area (Å²) in [5.74, 6) is -0.227. The van der Waals surface area contributed by atoms with E-state index >= 15 is 0 Å². The fourth-order valence-corrected chi connectivity index (χ4v) is 2.42. The SMILES string of the molecule is CC(=O)Nc1cccc(NS(=O)(=O)c2cn[nH]c2)c1. The van der Waals surface area contributed by atoms with Gasteiger partial charge in [0.25, 0.3) is 10.0 Å². The van der Waals surface area contributed by atoms with Gasteiger partial charge in [-0.25, -0.2) is 8.42 Å². The molecule has 2 rings (SSSR count). The number of amides is 1. The van der Waals surface area contributed by atoms with Crippen LogP contribution in [0.25, 0.3) is 0 Å². The second-order valence-corrected chi connectivity index (χ2v) is 5.48. The van der Waals surface area contributed by atoms with Crippen molar-refractivity contribution in [3.8, 4) is 0 Å². The number of hydrogen-bond acceptors (Lipinski definition) is 4. The number of carbonyl (C=O) groups excluding carboxylic acids is 1. The third-order valence-corrected chi connectivity index (χ3v) is 3.57. The second-order valence-electron chi connectivity index (χ2n) is 3.80. The number of nitrogens with one attached hydrogen (secondary N) is 3. The first kappa shape index (κ1) is 13.1. The van der Waals surface area contributed by atoms with Crippen LogP contribution in [-0.4, -0.2) is 24.5 Å². The molecule has 0 aliphatic heterocycles. The summed E-state index contributed by atoms with van der Waals surface area (Å²) in [6.07, 6.45) is 2.49. The molecule has 1 amide bonds. The summed E-state index contributed by atoms with van der Waals surface area (Å²) in [6, 6.07) is 6.41. The third-order valence-electron chi connectivity index (χ3n) is 2.22. The van der Waals surface area contributed by atoms with Gasteiger partial charge in [-0.2, -0.15) is 5.10 Å². The maximum Gasteiger partial charge on any atom is 0.265 e. The molecule has 0 unspecified atom stereocenters. The maximum atomic E-state index is 11.9. The molecule has 0 radical (unpaired) electrons. The molecule has 8 heteroatoms. The minimum Gasteiger partial charge on any atom is -0.326 e. The van der Waals surface area contributed by atoms with Gasteiger partial charge in [-0.15, -0.1) is 0 Å². The predicted molar refractivity (Wildman–Crippen MR) is 70.1 cm³/mol. The monoisotopic (exact) mass is 280 g/mol. The van der Waals surface area contributed by atoms with E-state index in [-0.39, 0.29) is 10.8 Å². The number of sulfonamides is 1. The predicted octanol–water partition coefficient (Wildman–Crippen LogP) is 1.17. The molecule has 19 heavy (non-hydrogen) atoms. The first-order chi connectivity index (χ1) is 8.97. The molecule has 100 valence electrons. The number of aromatic amines is 1. The summed E-state index contributed by atoms with van der Waals surface area (Å²) in [7, 11) is -3.67. The Labute approximate surface area is 110 Å². The van der Waals surface area contributed by atoms with Gasteiger partial charge >= 0.3 is 0 Å². The number of carbonyl (C=O) groups is 1. The van der Waals surface area contributed by atoms with E-state index in [1.165, 1.54) is 25.4 Å². The Morgan fingerprint density at radius 1 is 1.32 bits per heavy atom. The molecule has 1 aromatic heterocycles. The van der Waals surface area contributed by atoms with Crippen molar-refractivity contribution in [1.29, 1.82) is 0 Å². The van der Waals surface area contributed by atoms with Crippen LogP contribution < -0.4 is 10.0 Å². The van der Waals surface area contributed by atoms with E-state index < -0.39 is 10.0 Å². The van der Waals surface area contributed by atoms with Crippen LogP contribution in [0.2, 0.25) is 0 Å². The first-order valence-corrected chi connectivity index (χ1v) is 6.85. The topological polar surface area (TPSA) is 104 Å². The number of H-pyrrole nitrogens is 1. The van der Waals surface area contributed by atoms with Crippen molar-refractivity contribution in [2.75, 3.05) is 10.0 Å². The van der Waals surface area contributed by atoms with Crippen molar-refractivity contribution in [1.82, 2.24) is 10.2 Å². The highest BCUT2D eigenvalue weighted by molar-refractivity contribution is 7.92. The van der Waals surface area contributed by atoms with Gasteiger partial charge in [-0.05, 0) is 18.2 Å². The summed E-state index contributed by atoms with van der Waals surface area (Å²) in [5, 5.41) is 8.59. The molecular weight excluding hydrogens is 268 g/mol. The maximum absolute atomic E-state index is 11.9. The number of hydrogen-bond donors (Lipinski definition) is 3. The Morgan fingerprint density at radius 3 is 2.68 bits per heavy atom. The van der Waals surface area contributed by atoms with Crippen LogP contribution >= 0.6 is 0 Å². The Balaban J connectivity index is 2.22. The summed E-state index contributed by atoms with van der Waals surface area (Å²) < 4.78 is 26.3. The van der Waals surface area contributed by atoms with E-state index in [0.29, 0.717) is 11.4 Å². The molecule has 0 spiro atoms. The molecule has 3 N–H and O–H groups in total. The Bertz CT molecular complexity index is 680. The van der Waals surface area contributed by atoms with Gasteiger partial charge in [0.15, 0.2) is 0 Å². The molecule has 0 aliphatic carbocycles. The highest BCUT2D eigenvalue weighted by atomic mass is 32.2. The van der Waals surface area contributed by atoms with E-state index in [9.17, 15) is 13.2 Å². The highest BCUT2D eigenvalue weighted by Gasteiger charge is 2.15. The number of benzene rings is 1. The fourth-order valence-electron chi connectivity index (χ4n) is 1.46. The lowest BCUT2D eigenvalue weighted by molar-refractivity contribution is -0.114. The molecule has 0 saturated carbocycles. The van der Waals surface area contributed by atoms with Gasteiger partial charge in [0.2, 0.25) is 5.91 Å². The zero-order chi connectivity index (χ0) is 13.9. The summed E-state index contributed by atoms with van der Waals surface area (Å²) >= 11 is 0. The quantitative estimate of drug-likeness (QED) is 0.781. The van der Waals surface area contributed by atoms with Crippen LogP contribution in [0.4, 0.5) is 11.4 Å².